The Balaban J connectivity index is 0.896. The third-order valence-electron chi connectivity index (χ3n) is 11.7. The summed E-state index contributed by atoms with van der Waals surface area (Å²) in [6, 6.07) is 31.6. The number of carboxylic acid groups (broad SMARTS) is 2. The molecular formula is C51H47N5O10. The number of amides is 2. The fourth-order valence-electron chi connectivity index (χ4n) is 8.26. The van der Waals surface area contributed by atoms with Crippen molar-refractivity contribution in [2.24, 2.45) is 0 Å². The maximum atomic E-state index is 13.7. The van der Waals surface area contributed by atoms with Crippen molar-refractivity contribution in [2.75, 3.05) is 19.8 Å². The number of rotatable bonds is 19. The number of aliphatic carboxylic acids is 2. The van der Waals surface area contributed by atoms with E-state index in [1.807, 2.05) is 24.3 Å². The Morgan fingerprint density at radius 1 is 0.727 bits per heavy atom. The summed E-state index contributed by atoms with van der Waals surface area (Å²) in [5.41, 5.74) is 5.18. The molecule has 1 atom stereocenters. The van der Waals surface area contributed by atoms with Crippen molar-refractivity contribution in [1.82, 2.24) is 25.2 Å². The molecule has 1 fully saturated rings. The van der Waals surface area contributed by atoms with Gasteiger partial charge in [0, 0.05) is 70.3 Å². The van der Waals surface area contributed by atoms with Crippen LogP contribution in [0.4, 0.5) is 0 Å². The van der Waals surface area contributed by atoms with Gasteiger partial charge in [0.25, 0.3) is 11.8 Å². The van der Waals surface area contributed by atoms with E-state index in [-0.39, 0.29) is 55.1 Å². The van der Waals surface area contributed by atoms with Crippen LogP contribution >= 0.6 is 0 Å². The van der Waals surface area contributed by atoms with Crippen LogP contribution in [0.2, 0.25) is 0 Å². The number of imidazole rings is 1. The van der Waals surface area contributed by atoms with Gasteiger partial charge in [-0.05, 0) is 91.2 Å². The van der Waals surface area contributed by atoms with E-state index in [1.165, 1.54) is 0 Å². The highest BCUT2D eigenvalue weighted by Gasteiger charge is 2.26. The lowest BCUT2D eigenvalue weighted by atomic mass is 9.94. The molecule has 2 amide bonds. The van der Waals surface area contributed by atoms with E-state index in [2.05, 4.69) is 20.2 Å². The van der Waals surface area contributed by atoms with Crippen molar-refractivity contribution in [3.63, 3.8) is 0 Å². The lowest BCUT2D eigenvalue weighted by Crippen LogP contribution is -2.42. The van der Waals surface area contributed by atoms with Crippen LogP contribution in [0, 0.1) is 0 Å². The van der Waals surface area contributed by atoms with Gasteiger partial charge in [-0.3, -0.25) is 19.2 Å². The number of aromatic nitrogens is 3. The molecule has 1 aliphatic carbocycles. The van der Waals surface area contributed by atoms with E-state index in [9.17, 15) is 33.9 Å². The molecule has 0 aliphatic heterocycles. The van der Waals surface area contributed by atoms with E-state index < -0.39 is 30.5 Å². The number of fused-ring (bicyclic) bond motifs is 2. The quantitative estimate of drug-likeness (QED) is 0.0499. The molecule has 66 heavy (non-hydrogen) atoms. The van der Waals surface area contributed by atoms with Gasteiger partial charge in [0.2, 0.25) is 0 Å². The summed E-state index contributed by atoms with van der Waals surface area (Å²) in [7, 11) is 0. The maximum absolute atomic E-state index is 13.7. The number of Topliss-reactive ketones (excluding diaryl/α,β-unsaturated/α-hetero) is 1. The van der Waals surface area contributed by atoms with Gasteiger partial charge >= 0.3 is 11.9 Å². The van der Waals surface area contributed by atoms with Crippen LogP contribution in [0.1, 0.15) is 86.8 Å². The number of nitrogens with zero attached hydrogens (tertiary/aromatic N) is 2. The highest BCUT2D eigenvalue weighted by Crippen LogP contribution is 2.37. The monoisotopic (exact) mass is 889 g/mol. The van der Waals surface area contributed by atoms with E-state index in [0.717, 1.165) is 43.2 Å². The van der Waals surface area contributed by atoms with Crippen molar-refractivity contribution in [3.8, 4) is 22.9 Å². The fourth-order valence-corrected chi connectivity index (χ4v) is 8.26. The fraction of sp³-hybridized carbons (Fsp3) is 0.235. The molecule has 0 bridgehead atoms. The number of carbonyl (C=O) groups excluding carboxylic acids is 4. The zero-order chi connectivity index (χ0) is 46.2. The van der Waals surface area contributed by atoms with Gasteiger partial charge < -0.3 is 39.9 Å². The van der Waals surface area contributed by atoms with Crippen LogP contribution in [0.3, 0.4) is 0 Å². The zero-order valence-electron chi connectivity index (χ0n) is 35.8. The number of carbonyl (C=O) groups is 6. The van der Waals surface area contributed by atoms with Gasteiger partial charge in [-0.25, -0.2) is 14.6 Å². The predicted octanol–water partition coefficient (Wildman–Crippen LogP) is 7.58. The number of benzene rings is 5. The highest BCUT2D eigenvalue weighted by atomic mass is 16.5. The number of hydrogen-bond donors (Lipinski definition) is 5. The second kappa shape index (κ2) is 20.2. The molecular weight excluding hydrogens is 843 g/mol. The molecule has 8 rings (SSSR count). The smallest absolute Gasteiger partial charge is 0.341 e. The molecule has 0 unspecified atom stereocenters. The van der Waals surface area contributed by atoms with Crippen LogP contribution in [0.5, 0.6) is 11.5 Å². The minimum absolute atomic E-state index is 0.0460. The third kappa shape index (κ3) is 10.5. The van der Waals surface area contributed by atoms with Gasteiger partial charge in [0.05, 0.1) is 11.0 Å². The molecule has 1 aliphatic rings. The zero-order valence-corrected chi connectivity index (χ0v) is 35.8. The molecule has 0 saturated heterocycles. The second-order valence-corrected chi connectivity index (χ2v) is 16.2. The molecule has 1 saturated carbocycles. The van der Waals surface area contributed by atoms with Crippen molar-refractivity contribution >= 4 is 57.3 Å². The lowest BCUT2D eigenvalue weighted by molar-refractivity contribution is -0.140. The largest absolute Gasteiger partial charge is 0.486 e. The summed E-state index contributed by atoms with van der Waals surface area (Å²) >= 11 is 0. The lowest BCUT2D eigenvalue weighted by Gasteiger charge is -2.25. The SMILES string of the molecule is O=C(O)COc1ccc2[nH]cc(C[C@H](NC(=O)c3ccc4c(c3)nc(-c3ccc(OCC(=O)CCNC(=O)c5ccc(C(=O)c6ccccc6)cc5)cc3)n4C3CCCCC3)C(=O)O)c2c1. The minimum atomic E-state index is -1.28. The van der Waals surface area contributed by atoms with E-state index in [0.29, 0.717) is 56.0 Å². The minimum Gasteiger partial charge on any atom is -0.486 e. The number of ketones is 2. The number of nitrogens with one attached hydrogen (secondary N) is 3. The van der Waals surface area contributed by atoms with E-state index in [1.54, 1.807) is 97.2 Å². The highest BCUT2D eigenvalue weighted by molar-refractivity contribution is 6.09. The Morgan fingerprint density at radius 2 is 1.41 bits per heavy atom. The molecule has 2 aromatic heterocycles. The molecule has 15 heteroatoms. The summed E-state index contributed by atoms with van der Waals surface area (Å²) in [4.78, 5) is 83.3. The van der Waals surface area contributed by atoms with Crippen LogP contribution < -0.4 is 20.1 Å². The van der Waals surface area contributed by atoms with Gasteiger partial charge in [-0.1, -0.05) is 61.7 Å². The number of aromatic amines is 1. The predicted molar refractivity (Wildman–Crippen MR) is 245 cm³/mol. The molecule has 5 N–H and O–H groups in total. The molecule has 0 radical (unpaired) electrons. The van der Waals surface area contributed by atoms with Gasteiger partial charge in [0.1, 0.15) is 30.0 Å². The number of hydrogen-bond acceptors (Lipinski definition) is 9. The van der Waals surface area contributed by atoms with Gasteiger partial charge in [-0.15, -0.1) is 0 Å². The molecule has 15 nitrogen and oxygen atoms in total. The Morgan fingerprint density at radius 3 is 2.14 bits per heavy atom. The standard InChI is InChI=1S/C51H47N5O10/c57-38(23-24-52-49(61)34-13-11-32(12-14-34)47(60)31-7-3-1-4-8-31)29-65-39-18-15-33(16-19-39)48-54-43-25-35(17-22-45(43)56(48)37-9-5-2-6-10-37)50(62)55-44(51(63)64)26-36-28-53-42-21-20-40(27-41(36)42)66-30-46(58)59/h1,3-4,7-8,11-22,25,27-28,37,44,53H,2,5-6,9-10,23-24,26,29-30H2,(H,52,61)(H,55,62)(H,58,59)(H,63,64)/t44-/m0/s1. The average molecular weight is 890 g/mol. The van der Waals surface area contributed by atoms with Crippen LogP contribution in [0.25, 0.3) is 33.3 Å². The van der Waals surface area contributed by atoms with Crippen LogP contribution in [-0.2, 0) is 20.8 Å². The summed E-state index contributed by atoms with van der Waals surface area (Å²) in [6.07, 6.45) is 6.90. The first-order valence-electron chi connectivity index (χ1n) is 21.7. The molecule has 336 valence electrons. The molecule has 0 spiro atoms. The number of carboxylic acids is 2. The maximum Gasteiger partial charge on any atom is 0.341 e. The first-order valence-corrected chi connectivity index (χ1v) is 21.7. The number of H-pyrrole nitrogens is 1. The number of ether oxygens (including phenoxy) is 2. The first kappa shape index (κ1) is 44.5. The average Bonchev–Trinajstić information content (AvgIpc) is 3.93. The first-order chi connectivity index (χ1) is 32.0. The van der Waals surface area contributed by atoms with Crippen molar-refractivity contribution < 1.29 is 48.5 Å². The molecule has 5 aromatic carbocycles. The molecule has 2 heterocycles. The Bertz CT molecular complexity index is 2920. The van der Waals surface area contributed by atoms with E-state index in [4.69, 9.17) is 19.6 Å². The summed E-state index contributed by atoms with van der Waals surface area (Å²) in [6.45, 7) is -0.597. The Labute approximate surface area is 378 Å². The second-order valence-electron chi connectivity index (χ2n) is 16.2. The van der Waals surface area contributed by atoms with Crippen molar-refractivity contribution in [2.45, 2.75) is 57.0 Å². The van der Waals surface area contributed by atoms with Crippen LogP contribution in [-0.4, -0.2) is 85.9 Å². The van der Waals surface area contributed by atoms with Crippen molar-refractivity contribution in [1.29, 1.82) is 0 Å². The topological polar surface area (TPSA) is 219 Å². The third-order valence-corrected chi connectivity index (χ3v) is 11.7. The van der Waals surface area contributed by atoms with Gasteiger partial charge in [0.15, 0.2) is 18.2 Å². The summed E-state index contributed by atoms with van der Waals surface area (Å²) in [5, 5.41) is 25.2. The summed E-state index contributed by atoms with van der Waals surface area (Å²) < 4.78 is 13.3. The van der Waals surface area contributed by atoms with Gasteiger partial charge in [-0.2, -0.15) is 0 Å². The van der Waals surface area contributed by atoms with Crippen LogP contribution in [0.15, 0.2) is 121 Å². The molecule has 7 aromatic rings. The van der Waals surface area contributed by atoms with E-state index >= 15 is 0 Å². The Kier molecular flexibility index (Phi) is 13.6. The van der Waals surface area contributed by atoms with Crippen molar-refractivity contribution in [3.05, 3.63) is 149 Å². The normalized spacial score (nSPS) is 13.2. The summed E-state index contributed by atoms with van der Waals surface area (Å²) in [5.74, 6) is -2.12. The Hall–Kier alpha value is -8.07.